The van der Waals surface area contributed by atoms with Gasteiger partial charge in [-0.3, -0.25) is 0 Å². The minimum atomic E-state index is -0.106. The number of benzene rings is 1. The molecule has 1 nitrogen and oxygen atoms in total. The van der Waals surface area contributed by atoms with Crippen LogP contribution in [0, 0.1) is 13.8 Å². The summed E-state index contributed by atoms with van der Waals surface area (Å²) in [7, 11) is 0. The van der Waals surface area contributed by atoms with E-state index in [-0.39, 0.29) is 11.0 Å². The van der Waals surface area contributed by atoms with E-state index in [0.29, 0.717) is 0 Å². The zero-order valence-corrected chi connectivity index (χ0v) is 10.2. The van der Waals surface area contributed by atoms with Gasteiger partial charge in [-0.1, -0.05) is 23.8 Å². The number of hydrogen-bond acceptors (Lipinski definition) is 1. The molecule has 0 spiro atoms. The molecule has 0 bridgehead atoms. The van der Waals surface area contributed by atoms with Crippen molar-refractivity contribution in [1.82, 2.24) is 0 Å². The molecule has 0 amide bonds. The Hall–Kier alpha value is -0.820. The quantitative estimate of drug-likeness (QED) is 0.785. The first kappa shape index (κ1) is 10.7. The minimum absolute atomic E-state index is 0.106. The van der Waals surface area contributed by atoms with Gasteiger partial charge in [-0.25, -0.2) is 0 Å². The van der Waals surface area contributed by atoms with Crippen LogP contribution in [0.3, 0.4) is 0 Å². The molecule has 0 aliphatic heterocycles. The maximum Gasteiger partial charge on any atom is 0.0195 e. The third-order valence-electron chi connectivity index (χ3n) is 3.89. The zero-order chi connectivity index (χ0) is 11.3. The van der Waals surface area contributed by atoms with Crippen molar-refractivity contribution in [3.05, 3.63) is 34.9 Å². The maximum atomic E-state index is 6.33. The number of hydrogen-bond donors (Lipinski definition) is 1. The summed E-state index contributed by atoms with van der Waals surface area (Å²) in [5, 5.41) is 0. The Morgan fingerprint density at radius 2 is 1.80 bits per heavy atom. The SMILES string of the molecule is Cc1ccc(C)c(C2(C(C)(C)N)CC2)c1. The first-order valence-electron chi connectivity index (χ1n) is 5.73. The van der Waals surface area contributed by atoms with Gasteiger partial charge >= 0.3 is 0 Å². The lowest BCUT2D eigenvalue weighted by atomic mass is 9.77. The molecule has 1 heteroatoms. The van der Waals surface area contributed by atoms with E-state index in [1.54, 1.807) is 0 Å². The van der Waals surface area contributed by atoms with Crippen molar-refractivity contribution in [2.45, 2.75) is 51.5 Å². The average Bonchev–Trinajstić information content (AvgIpc) is 2.88. The van der Waals surface area contributed by atoms with E-state index in [1.807, 2.05) is 0 Å². The normalized spacial score (nSPS) is 19.0. The van der Waals surface area contributed by atoms with Gasteiger partial charge in [0.2, 0.25) is 0 Å². The highest BCUT2D eigenvalue weighted by Gasteiger charge is 2.54. The summed E-state index contributed by atoms with van der Waals surface area (Å²) in [6.07, 6.45) is 2.47. The van der Waals surface area contributed by atoms with Gasteiger partial charge in [0.05, 0.1) is 0 Å². The van der Waals surface area contributed by atoms with Crippen molar-refractivity contribution in [2.24, 2.45) is 5.73 Å². The van der Waals surface area contributed by atoms with E-state index >= 15 is 0 Å². The van der Waals surface area contributed by atoms with E-state index in [2.05, 4.69) is 45.9 Å². The topological polar surface area (TPSA) is 26.0 Å². The first-order chi connectivity index (χ1) is 6.87. The van der Waals surface area contributed by atoms with Crippen LogP contribution < -0.4 is 5.73 Å². The number of nitrogens with two attached hydrogens (primary N) is 1. The van der Waals surface area contributed by atoms with Gasteiger partial charge in [0.15, 0.2) is 0 Å². The molecule has 1 aromatic rings. The standard InChI is InChI=1S/C14H21N/c1-10-5-6-11(2)12(9-10)14(7-8-14)13(3,4)15/h5-6,9H,7-8,15H2,1-4H3. The fourth-order valence-corrected chi connectivity index (χ4v) is 2.64. The highest BCUT2D eigenvalue weighted by molar-refractivity contribution is 5.43. The van der Waals surface area contributed by atoms with Gasteiger partial charge in [0, 0.05) is 11.0 Å². The molecule has 1 fully saturated rings. The lowest BCUT2D eigenvalue weighted by Crippen LogP contribution is -2.45. The molecule has 0 heterocycles. The van der Waals surface area contributed by atoms with E-state index in [0.717, 1.165) is 0 Å². The molecule has 0 unspecified atom stereocenters. The smallest absolute Gasteiger partial charge is 0.0195 e. The predicted molar refractivity (Wildman–Crippen MR) is 65.1 cm³/mol. The maximum absolute atomic E-state index is 6.33. The highest BCUT2D eigenvalue weighted by atomic mass is 14.8. The van der Waals surface area contributed by atoms with Crippen LogP contribution in [0.15, 0.2) is 18.2 Å². The molecule has 0 saturated heterocycles. The van der Waals surface area contributed by atoms with Crippen LogP contribution in [0.2, 0.25) is 0 Å². The van der Waals surface area contributed by atoms with Gasteiger partial charge in [-0.15, -0.1) is 0 Å². The average molecular weight is 203 g/mol. The van der Waals surface area contributed by atoms with Crippen molar-refractivity contribution in [1.29, 1.82) is 0 Å². The highest BCUT2D eigenvalue weighted by Crippen LogP contribution is 2.55. The summed E-state index contributed by atoms with van der Waals surface area (Å²) >= 11 is 0. The second-order valence-electron chi connectivity index (χ2n) is 5.62. The van der Waals surface area contributed by atoms with Gasteiger partial charge in [0.1, 0.15) is 0 Å². The summed E-state index contributed by atoms with van der Waals surface area (Å²) in [5.41, 5.74) is 10.7. The molecule has 1 aliphatic rings. The van der Waals surface area contributed by atoms with Crippen molar-refractivity contribution in [2.75, 3.05) is 0 Å². The molecule has 0 aromatic heterocycles. The van der Waals surface area contributed by atoms with E-state index < -0.39 is 0 Å². The van der Waals surface area contributed by atoms with Crippen LogP contribution >= 0.6 is 0 Å². The molecular weight excluding hydrogens is 182 g/mol. The van der Waals surface area contributed by atoms with Crippen molar-refractivity contribution < 1.29 is 0 Å². The lowest BCUT2D eigenvalue weighted by molar-refractivity contribution is 0.390. The third kappa shape index (κ3) is 1.59. The molecule has 0 radical (unpaired) electrons. The number of aryl methyl sites for hydroxylation is 2. The fourth-order valence-electron chi connectivity index (χ4n) is 2.64. The number of rotatable bonds is 2. The third-order valence-corrected chi connectivity index (χ3v) is 3.89. The van der Waals surface area contributed by atoms with Gasteiger partial charge in [-0.2, -0.15) is 0 Å². The predicted octanol–water partition coefficient (Wildman–Crippen LogP) is 3.07. The van der Waals surface area contributed by atoms with Crippen molar-refractivity contribution in [3.63, 3.8) is 0 Å². The van der Waals surface area contributed by atoms with Crippen molar-refractivity contribution in [3.8, 4) is 0 Å². The molecule has 1 aliphatic carbocycles. The van der Waals surface area contributed by atoms with E-state index in [9.17, 15) is 0 Å². The van der Waals surface area contributed by atoms with Crippen molar-refractivity contribution >= 4 is 0 Å². The summed E-state index contributed by atoms with van der Waals surface area (Å²) < 4.78 is 0. The Kier molecular flexibility index (Phi) is 2.20. The monoisotopic (exact) mass is 203 g/mol. The second-order valence-corrected chi connectivity index (χ2v) is 5.62. The summed E-state index contributed by atoms with van der Waals surface area (Å²) in [5.74, 6) is 0. The fraction of sp³-hybridized carbons (Fsp3) is 0.571. The summed E-state index contributed by atoms with van der Waals surface area (Å²) in [6.45, 7) is 8.66. The Balaban J connectivity index is 2.50. The first-order valence-corrected chi connectivity index (χ1v) is 5.73. The van der Waals surface area contributed by atoms with Crippen LogP contribution in [0.1, 0.15) is 43.4 Å². The van der Waals surface area contributed by atoms with E-state index in [4.69, 9.17) is 5.73 Å². The zero-order valence-electron chi connectivity index (χ0n) is 10.2. The Bertz CT molecular complexity index is 381. The molecule has 15 heavy (non-hydrogen) atoms. The Labute approximate surface area is 92.7 Å². The summed E-state index contributed by atoms with van der Waals surface area (Å²) in [4.78, 5) is 0. The summed E-state index contributed by atoms with van der Waals surface area (Å²) in [6, 6.07) is 6.71. The second kappa shape index (κ2) is 3.08. The van der Waals surface area contributed by atoms with Gasteiger partial charge < -0.3 is 5.73 Å². The Morgan fingerprint density at radius 1 is 1.20 bits per heavy atom. The largest absolute Gasteiger partial charge is 0.325 e. The molecule has 82 valence electrons. The van der Waals surface area contributed by atoms with Crippen LogP contribution in [0.5, 0.6) is 0 Å². The molecule has 0 atom stereocenters. The van der Waals surface area contributed by atoms with Gasteiger partial charge in [-0.05, 0) is 51.7 Å². The molecule has 1 aromatic carbocycles. The van der Waals surface area contributed by atoms with Gasteiger partial charge in [0.25, 0.3) is 0 Å². The minimum Gasteiger partial charge on any atom is -0.325 e. The molecule has 1 saturated carbocycles. The molecular formula is C14H21N. The van der Waals surface area contributed by atoms with Crippen LogP contribution in [-0.4, -0.2) is 5.54 Å². The Morgan fingerprint density at radius 3 is 2.27 bits per heavy atom. The van der Waals surface area contributed by atoms with Crippen LogP contribution in [-0.2, 0) is 5.41 Å². The molecule has 2 N–H and O–H groups in total. The van der Waals surface area contributed by atoms with E-state index in [1.165, 1.54) is 29.5 Å². The molecule has 2 rings (SSSR count). The van der Waals surface area contributed by atoms with Crippen LogP contribution in [0.25, 0.3) is 0 Å². The lowest BCUT2D eigenvalue weighted by Gasteiger charge is -2.32. The van der Waals surface area contributed by atoms with Crippen LogP contribution in [0.4, 0.5) is 0 Å².